The number of aryl methyl sites for hydroxylation is 1. The van der Waals surface area contributed by atoms with E-state index in [2.05, 4.69) is 58.8 Å². The van der Waals surface area contributed by atoms with E-state index in [1.165, 1.54) is 0 Å². The van der Waals surface area contributed by atoms with Gasteiger partial charge in [-0.3, -0.25) is 0 Å². The van der Waals surface area contributed by atoms with E-state index in [0.29, 0.717) is 12.2 Å². The Morgan fingerprint density at radius 1 is 0.955 bits per heavy atom. The first-order valence-electron chi connectivity index (χ1n) is 7.77. The Balaban J connectivity index is 2.55. The topological polar surface area (TPSA) is 46.3 Å². The second-order valence-corrected chi connectivity index (χ2v) is 8.15. The van der Waals surface area contributed by atoms with Gasteiger partial charge in [-0.1, -0.05) is 58.8 Å². The van der Waals surface area contributed by atoms with E-state index in [1.54, 1.807) is 0 Å². The first-order valence-corrected chi connectivity index (χ1v) is 7.77. The predicted molar refractivity (Wildman–Crippen MR) is 89.6 cm³/mol. The van der Waals surface area contributed by atoms with Gasteiger partial charge in [0.25, 0.3) is 0 Å². The highest BCUT2D eigenvalue weighted by atomic mass is 16.5. The maximum absolute atomic E-state index is 10.7. The smallest absolute Gasteiger partial charge is 0.133 e. The molecule has 0 saturated carbocycles. The van der Waals surface area contributed by atoms with Crippen molar-refractivity contribution in [2.24, 2.45) is 0 Å². The van der Waals surface area contributed by atoms with E-state index in [9.17, 15) is 5.11 Å². The monoisotopic (exact) mass is 301 g/mol. The molecule has 0 aliphatic carbocycles. The Labute approximate surface area is 133 Å². The van der Waals surface area contributed by atoms with Crippen LogP contribution in [0.3, 0.4) is 0 Å². The number of phenols is 1. The van der Waals surface area contributed by atoms with Crippen molar-refractivity contribution in [3.63, 3.8) is 0 Å². The average molecular weight is 301 g/mol. The van der Waals surface area contributed by atoms with Gasteiger partial charge in [0.2, 0.25) is 0 Å². The molecule has 0 saturated heterocycles. The van der Waals surface area contributed by atoms with Gasteiger partial charge in [0.05, 0.1) is 5.69 Å². The molecule has 0 atom stereocenters. The van der Waals surface area contributed by atoms with Crippen LogP contribution in [-0.4, -0.2) is 10.3 Å². The number of benzene rings is 1. The predicted octanol–water partition coefficient (Wildman–Crippen LogP) is 4.87. The third-order valence-electron chi connectivity index (χ3n) is 3.85. The zero-order valence-electron chi connectivity index (χ0n) is 14.7. The van der Waals surface area contributed by atoms with Crippen LogP contribution < -0.4 is 0 Å². The lowest BCUT2D eigenvalue weighted by Crippen LogP contribution is -2.18. The molecule has 22 heavy (non-hydrogen) atoms. The largest absolute Gasteiger partial charge is 0.507 e. The van der Waals surface area contributed by atoms with Gasteiger partial charge in [-0.2, -0.15) is 0 Å². The summed E-state index contributed by atoms with van der Waals surface area (Å²) in [6.45, 7) is 14.6. The van der Waals surface area contributed by atoms with Crippen LogP contribution in [-0.2, 0) is 17.3 Å². The van der Waals surface area contributed by atoms with E-state index in [0.717, 1.165) is 28.1 Å². The van der Waals surface area contributed by atoms with Crippen LogP contribution in [0.25, 0.3) is 0 Å². The zero-order chi connectivity index (χ0) is 16.7. The highest BCUT2D eigenvalue weighted by molar-refractivity contribution is 5.50. The minimum absolute atomic E-state index is 0.111. The summed E-state index contributed by atoms with van der Waals surface area (Å²) < 4.78 is 5.16. The lowest BCUT2D eigenvalue weighted by molar-refractivity contribution is 0.391. The van der Waals surface area contributed by atoms with Crippen LogP contribution >= 0.6 is 0 Å². The number of phenolic OH excluding ortho intramolecular Hbond substituents is 1. The van der Waals surface area contributed by atoms with E-state index >= 15 is 0 Å². The fourth-order valence-electron chi connectivity index (χ4n) is 2.65. The van der Waals surface area contributed by atoms with E-state index in [1.807, 2.05) is 13.0 Å². The zero-order valence-corrected chi connectivity index (χ0v) is 14.7. The van der Waals surface area contributed by atoms with Crippen LogP contribution in [0.5, 0.6) is 5.75 Å². The van der Waals surface area contributed by atoms with Gasteiger partial charge < -0.3 is 9.63 Å². The number of nitrogens with zero attached hydrogens (tertiary/aromatic N) is 1. The quantitative estimate of drug-likeness (QED) is 0.860. The van der Waals surface area contributed by atoms with Gasteiger partial charge in [-0.25, -0.2) is 0 Å². The van der Waals surface area contributed by atoms with Crippen molar-refractivity contribution < 1.29 is 9.63 Å². The van der Waals surface area contributed by atoms with Gasteiger partial charge >= 0.3 is 0 Å². The highest BCUT2D eigenvalue weighted by Gasteiger charge is 2.26. The third kappa shape index (κ3) is 3.52. The van der Waals surface area contributed by atoms with Crippen molar-refractivity contribution in [1.29, 1.82) is 0 Å². The Morgan fingerprint density at radius 2 is 1.45 bits per heavy atom. The van der Waals surface area contributed by atoms with Gasteiger partial charge in [-0.05, 0) is 34.4 Å². The third-order valence-corrected chi connectivity index (χ3v) is 3.85. The fourth-order valence-corrected chi connectivity index (χ4v) is 2.65. The molecular formula is C19H27NO2. The van der Waals surface area contributed by atoms with E-state index in [-0.39, 0.29) is 10.8 Å². The normalized spacial score (nSPS) is 12.7. The molecule has 1 N–H and O–H groups in total. The maximum Gasteiger partial charge on any atom is 0.133 e. The lowest BCUT2D eigenvalue weighted by atomic mass is 9.78. The summed E-state index contributed by atoms with van der Waals surface area (Å²) in [5.74, 6) is 1.24. The molecule has 1 aromatic carbocycles. The second-order valence-electron chi connectivity index (χ2n) is 8.15. The molecule has 3 heteroatoms. The van der Waals surface area contributed by atoms with Gasteiger partial charge in [0.1, 0.15) is 11.5 Å². The van der Waals surface area contributed by atoms with Crippen molar-refractivity contribution in [3.05, 3.63) is 46.3 Å². The minimum Gasteiger partial charge on any atom is -0.507 e. The summed E-state index contributed by atoms with van der Waals surface area (Å²) in [5, 5.41) is 14.8. The highest BCUT2D eigenvalue weighted by Crippen LogP contribution is 2.40. The van der Waals surface area contributed by atoms with Crippen molar-refractivity contribution in [1.82, 2.24) is 5.16 Å². The first kappa shape index (κ1) is 16.6. The molecule has 0 amide bonds. The SMILES string of the molecule is Cc1cc(Cc2cc(C(C)(C)C)c(O)c(C(C)(C)C)c2)no1. The van der Waals surface area contributed by atoms with Crippen LogP contribution in [0, 0.1) is 6.92 Å². The molecule has 0 unspecified atom stereocenters. The number of aromatic nitrogens is 1. The number of aromatic hydroxyl groups is 1. The summed E-state index contributed by atoms with van der Waals surface area (Å²) in [7, 11) is 0. The maximum atomic E-state index is 10.7. The van der Waals surface area contributed by atoms with E-state index < -0.39 is 0 Å². The molecule has 0 aliphatic heterocycles. The Morgan fingerprint density at radius 3 is 1.82 bits per heavy atom. The Kier molecular flexibility index (Phi) is 4.12. The van der Waals surface area contributed by atoms with Gasteiger partial charge in [0.15, 0.2) is 0 Å². The molecule has 0 radical (unpaired) electrons. The molecule has 2 rings (SSSR count). The Hall–Kier alpha value is -1.77. The molecule has 0 spiro atoms. The van der Waals surface area contributed by atoms with Gasteiger partial charge in [-0.15, -0.1) is 0 Å². The molecule has 1 heterocycles. The number of rotatable bonds is 2. The fraction of sp³-hybridized carbons (Fsp3) is 0.526. The summed E-state index contributed by atoms with van der Waals surface area (Å²) in [6, 6.07) is 6.14. The van der Waals surface area contributed by atoms with Gasteiger partial charge in [0, 0.05) is 12.5 Å². The van der Waals surface area contributed by atoms with Crippen molar-refractivity contribution >= 4 is 0 Å². The van der Waals surface area contributed by atoms with Crippen molar-refractivity contribution in [2.45, 2.75) is 65.7 Å². The molecular weight excluding hydrogens is 274 g/mol. The number of hydrogen-bond acceptors (Lipinski definition) is 3. The lowest BCUT2D eigenvalue weighted by Gasteiger charge is -2.28. The average Bonchev–Trinajstić information content (AvgIpc) is 2.74. The minimum atomic E-state index is -0.111. The van der Waals surface area contributed by atoms with Crippen molar-refractivity contribution in [3.8, 4) is 5.75 Å². The molecule has 0 aliphatic rings. The molecule has 1 aromatic heterocycles. The van der Waals surface area contributed by atoms with Crippen LogP contribution in [0.4, 0.5) is 0 Å². The summed E-state index contributed by atoms with van der Waals surface area (Å²) in [5.41, 5.74) is 3.81. The molecule has 3 nitrogen and oxygen atoms in total. The number of hydrogen-bond donors (Lipinski definition) is 1. The second kappa shape index (κ2) is 5.45. The summed E-state index contributed by atoms with van der Waals surface area (Å²) in [4.78, 5) is 0. The van der Waals surface area contributed by atoms with Crippen LogP contribution in [0.2, 0.25) is 0 Å². The van der Waals surface area contributed by atoms with E-state index in [4.69, 9.17) is 4.52 Å². The molecule has 0 bridgehead atoms. The van der Waals surface area contributed by atoms with Crippen molar-refractivity contribution in [2.75, 3.05) is 0 Å². The molecule has 0 fully saturated rings. The summed E-state index contributed by atoms with van der Waals surface area (Å²) in [6.07, 6.45) is 0.712. The Bertz CT molecular complexity index is 634. The van der Waals surface area contributed by atoms with Crippen LogP contribution in [0.15, 0.2) is 22.7 Å². The van der Waals surface area contributed by atoms with Crippen LogP contribution in [0.1, 0.15) is 69.7 Å². The summed E-state index contributed by atoms with van der Waals surface area (Å²) >= 11 is 0. The molecule has 2 aromatic rings. The molecule has 120 valence electrons. The standard InChI is InChI=1S/C19H27NO2/c1-12-8-14(20-22-12)9-13-10-15(18(2,3)4)17(21)16(11-13)19(5,6)7/h8,10-11,21H,9H2,1-7H3. The first-order chi connectivity index (χ1) is 9.98.